The van der Waals surface area contributed by atoms with Gasteiger partial charge in [-0.1, -0.05) is 13.8 Å². The Morgan fingerprint density at radius 2 is 2.14 bits per heavy atom. The third-order valence-corrected chi connectivity index (χ3v) is 4.96. The summed E-state index contributed by atoms with van der Waals surface area (Å²) in [4.78, 5) is 7.00. The highest BCUT2D eigenvalue weighted by Gasteiger charge is 2.33. The van der Waals surface area contributed by atoms with Gasteiger partial charge in [0.1, 0.15) is 0 Å². The van der Waals surface area contributed by atoms with E-state index in [2.05, 4.69) is 48.4 Å². The highest BCUT2D eigenvalue weighted by molar-refractivity contribution is 7.09. The molecule has 1 aliphatic rings. The molecule has 1 N–H and O–H groups in total. The van der Waals surface area contributed by atoms with E-state index in [9.17, 15) is 0 Å². The van der Waals surface area contributed by atoms with Gasteiger partial charge in [-0.15, -0.1) is 11.3 Å². The summed E-state index contributed by atoms with van der Waals surface area (Å²) in [6.45, 7) is 11.4. The number of nitrogens with zero attached hydrogens (tertiary/aromatic N) is 2. The number of ether oxygens (including phenoxy) is 1. The maximum atomic E-state index is 5.58. The fraction of sp³-hybridized carbons (Fsp3) is 0.812. The molecule has 0 spiro atoms. The Kier molecular flexibility index (Phi) is 6.17. The fourth-order valence-corrected chi connectivity index (χ4v) is 3.61. The zero-order valence-corrected chi connectivity index (χ0v) is 14.6. The highest BCUT2D eigenvalue weighted by atomic mass is 32.1. The first-order valence-electron chi connectivity index (χ1n) is 7.90. The van der Waals surface area contributed by atoms with Gasteiger partial charge < -0.3 is 10.1 Å². The van der Waals surface area contributed by atoms with E-state index < -0.39 is 0 Å². The van der Waals surface area contributed by atoms with Crippen LogP contribution in [0.4, 0.5) is 0 Å². The minimum absolute atomic E-state index is 0.336. The number of nitrogens with one attached hydrogen (secondary N) is 1. The Labute approximate surface area is 132 Å². The average molecular weight is 311 g/mol. The van der Waals surface area contributed by atoms with Crippen LogP contribution in [0.5, 0.6) is 0 Å². The summed E-state index contributed by atoms with van der Waals surface area (Å²) in [6.07, 6.45) is 2.29. The molecule has 1 fully saturated rings. The van der Waals surface area contributed by atoms with E-state index in [1.807, 2.05) is 0 Å². The van der Waals surface area contributed by atoms with Crippen LogP contribution in [0, 0.1) is 12.3 Å². The van der Waals surface area contributed by atoms with Crippen molar-refractivity contribution in [3.05, 3.63) is 16.1 Å². The van der Waals surface area contributed by atoms with Crippen LogP contribution in [0.15, 0.2) is 5.38 Å². The Morgan fingerprint density at radius 1 is 1.43 bits per heavy atom. The van der Waals surface area contributed by atoms with E-state index in [-0.39, 0.29) is 0 Å². The molecule has 2 rings (SSSR count). The van der Waals surface area contributed by atoms with Crippen LogP contribution >= 0.6 is 11.3 Å². The molecule has 1 aromatic rings. The molecular formula is C16H29N3OS. The summed E-state index contributed by atoms with van der Waals surface area (Å²) in [5.41, 5.74) is 1.53. The van der Waals surface area contributed by atoms with Crippen LogP contribution in [-0.4, -0.2) is 49.3 Å². The molecule has 0 aromatic carbocycles. The molecule has 0 unspecified atom stereocenters. The predicted molar refractivity (Wildman–Crippen MR) is 88.8 cm³/mol. The lowest BCUT2D eigenvalue weighted by molar-refractivity contribution is -0.00260. The first-order chi connectivity index (χ1) is 9.99. The second-order valence-electron chi connectivity index (χ2n) is 6.68. The molecule has 1 saturated heterocycles. The molecule has 0 aliphatic carbocycles. The number of aryl methyl sites for hydroxylation is 1. The van der Waals surface area contributed by atoms with Crippen molar-refractivity contribution in [2.75, 3.05) is 33.4 Å². The lowest BCUT2D eigenvalue weighted by Crippen LogP contribution is -2.47. The summed E-state index contributed by atoms with van der Waals surface area (Å²) in [5, 5.41) is 6.96. The van der Waals surface area contributed by atoms with E-state index in [1.54, 1.807) is 11.3 Å². The minimum Gasteiger partial charge on any atom is -0.381 e. The molecule has 0 saturated carbocycles. The molecule has 0 bridgehead atoms. The second-order valence-corrected chi connectivity index (χ2v) is 7.74. The first-order valence-corrected chi connectivity index (χ1v) is 8.78. The topological polar surface area (TPSA) is 37.4 Å². The van der Waals surface area contributed by atoms with Crippen LogP contribution in [0.25, 0.3) is 0 Å². The van der Waals surface area contributed by atoms with Crippen LogP contribution in [0.2, 0.25) is 0 Å². The third-order valence-electron chi connectivity index (χ3n) is 4.14. The molecule has 1 aliphatic heterocycles. The van der Waals surface area contributed by atoms with Crippen LogP contribution in [0.3, 0.4) is 0 Å². The van der Waals surface area contributed by atoms with Crippen molar-refractivity contribution in [1.29, 1.82) is 0 Å². The standard InChI is InChI=1S/C16H29N3OS/c1-13(2)17-11-16(5-7-20-8-6-16)12-19(4)9-15-10-21-14(3)18-15/h10,13,17H,5-9,11-12H2,1-4H3. The lowest BCUT2D eigenvalue weighted by Gasteiger charge is -2.40. The van der Waals surface area contributed by atoms with Crippen molar-refractivity contribution >= 4 is 11.3 Å². The van der Waals surface area contributed by atoms with Gasteiger partial charge in [0.2, 0.25) is 0 Å². The van der Waals surface area contributed by atoms with Crippen LogP contribution < -0.4 is 5.32 Å². The highest BCUT2D eigenvalue weighted by Crippen LogP contribution is 2.31. The van der Waals surface area contributed by atoms with E-state index >= 15 is 0 Å². The molecule has 0 atom stereocenters. The van der Waals surface area contributed by atoms with Gasteiger partial charge in [-0.3, -0.25) is 4.90 Å². The number of aromatic nitrogens is 1. The molecule has 5 heteroatoms. The quantitative estimate of drug-likeness (QED) is 0.840. The van der Waals surface area contributed by atoms with E-state index in [0.29, 0.717) is 11.5 Å². The zero-order chi connectivity index (χ0) is 15.3. The van der Waals surface area contributed by atoms with Crippen molar-refractivity contribution in [3.63, 3.8) is 0 Å². The molecular weight excluding hydrogens is 282 g/mol. The van der Waals surface area contributed by atoms with Crippen molar-refractivity contribution in [2.24, 2.45) is 5.41 Å². The minimum atomic E-state index is 0.336. The second kappa shape index (κ2) is 7.68. The van der Waals surface area contributed by atoms with Gasteiger partial charge in [-0.25, -0.2) is 4.98 Å². The molecule has 2 heterocycles. The van der Waals surface area contributed by atoms with Crippen molar-refractivity contribution in [2.45, 2.75) is 46.2 Å². The van der Waals surface area contributed by atoms with Crippen LogP contribution in [0.1, 0.15) is 37.4 Å². The summed E-state index contributed by atoms with van der Waals surface area (Å²) in [7, 11) is 2.21. The lowest BCUT2D eigenvalue weighted by atomic mass is 9.79. The van der Waals surface area contributed by atoms with Gasteiger partial charge in [0.15, 0.2) is 0 Å². The number of rotatable bonds is 7. The third kappa shape index (κ3) is 5.33. The molecule has 120 valence electrons. The number of thiazole rings is 1. The first kappa shape index (κ1) is 16.9. The maximum Gasteiger partial charge on any atom is 0.0897 e. The summed E-state index contributed by atoms with van der Waals surface area (Å²) in [5.74, 6) is 0. The van der Waals surface area contributed by atoms with E-state index in [0.717, 1.165) is 50.7 Å². The van der Waals surface area contributed by atoms with Gasteiger partial charge >= 0.3 is 0 Å². The van der Waals surface area contributed by atoms with Crippen LogP contribution in [-0.2, 0) is 11.3 Å². The van der Waals surface area contributed by atoms with Crippen molar-refractivity contribution in [1.82, 2.24) is 15.2 Å². The maximum absolute atomic E-state index is 5.58. The number of hydrogen-bond acceptors (Lipinski definition) is 5. The SMILES string of the molecule is Cc1nc(CN(C)CC2(CNC(C)C)CCOCC2)cs1. The van der Waals surface area contributed by atoms with Gasteiger partial charge in [-0.05, 0) is 32.2 Å². The van der Waals surface area contributed by atoms with Gasteiger partial charge in [0.05, 0.1) is 10.7 Å². The Balaban J connectivity index is 1.93. The van der Waals surface area contributed by atoms with Gasteiger partial charge in [0.25, 0.3) is 0 Å². The molecule has 0 amide bonds. The monoisotopic (exact) mass is 311 g/mol. The smallest absolute Gasteiger partial charge is 0.0897 e. The Hall–Kier alpha value is -0.490. The molecule has 4 nitrogen and oxygen atoms in total. The zero-order valence-electron chi connectivity index (χ0n) is 13.8. The van der Waals surface area contributed by atoms with E-state index in [4.69, 9.17) is 4.74 Å². The van der Waals surface area contributed by atoms with E-state index in [1.165, 1.54) is 5.69 Å². The van der Waals surface area contributed by atoms with Gasteiger partial charge in [-0.2, -0.15) is 0 Å². The van der Waals surface area contributed by atoms with Crippen molar-refractivity contribution < 1.29 is 4.74 Å². The van der Waals surface area contributed by atoms with Gasteiger partial charge in [0, 0.05) is 44.3 Å². The fourth-order valence-electron chi connectivity index (χ4n) is 3.00. The molecule has 1 aromatic heterocycles. The summed E-state index contributed by atoms with van der Waals surface area (Å²) < 4.78 is 5.58. The molecule has 21 heavy (non-hydrogen) atoms. The normalized spacial score (nSPS) is 18.6. The predicted octanol–water partition coefficient (Wildman–Crippen LogP) is 2.68. The Morgan fingerprint density at radius 3 is 2.71 bits per heavy atom. The number of hydrogen-bond donors (Lipinski definition) is 1. The summed E-state index contributed by atoms with van der Waals surface area (Å²) in [6, 6.07) is 0.538. The molecule has 0 radical (unpaired) electrons. The average Bonchev–Trinajstić information content (AvgIpc) is 2.83. The summed E-state index contributed by atoms with van der Waals surface area (Å²) >= 11 is 1.74. The van der Waals surface area contributed by atoms with Crippen molar-refractivity contribution in [3.8, 4) is 0 Å². The largest absolute Gasteiger partial charge is 0.381 e. The Bertz CT molecular complexity index is 427.